The van der Waals surface area contributed by atoms with Gasteiger partial charge in [0.25, 0.3) is 0 Å². The van der Waals surface area contributed by atoms with Gasteiger partial charge in [0, 0.05) is 6.54 Å². The topological polar surface area (TPSA) is 38.3 Å². The standard InChI is InChI=1S/C10H10ClNO2/c11-14-10(13)8-1-2-9-6-12-4-3-7(9)5-8/h1-2,5,12H,3-4,6H2. The van der Waals surface area contributed by atoms with E-state index in [1.165, 1.54) is 11.1 Å². The Morgan fingerprint density at radius 1 is 1.43 bits per heavy atom. The molecule has 1 aliphatic heterocycles. The van der Waals surface area contributed by atoms with Crippen molar-refractivity contribution in [1.82, 2.24) is 5.32 Å². The summed E-state index contributed by atoms with van der Waals surface area (Å²) in [6.07, 6.45) is 0.943. The minimum absolute atomic E-state index is 0.493. The van der Waals surface area contributed by atoms with Gasteiger partial charge in [0.1, 0.15) is 11.9 Å². The number of nitrogens with one attached hydrogen (secondary N) is 1. The van der Waals surface area contributed by atoms with E-state index < -0.39 is 5.97 Å². The fourth-order valence-corrected chi connectivity index (χ4v) is 1.74. The summed E-state index contributed by atoms with van der Waals surface area (Å²) in [7, 11) is 0. The molecule has 1 aromatic rings. The molecule has 0 bridgehead atoms. The van der Waals surface area contributed by atoms with Gasteiger partial charge in [0.15, 0.2) is 0 Å². The maximum absolute atomic E-state index is 11.1. The van der Waals surface area contributed by atoms with Crippen LogP contribution in [0.3, 0.4) is 0 Å². The first kappa shape index (κ1) is 9.49. The SMILES string of the molecule is O=C(OCl)c1ccc2c(c1)CCNC2. The first-order valence-corrected chi connectivity index (χ1v) is 4.77. The minimum atomic E-state index is -0.493. The number of hydrogen-bond acceptors (Lipinski definition) is 3. The Balaban J connectivity index is 2.33. The van der Waals surface area contributed by atoms with Crippen LogP contribution in [0.1, 0.15) is 21.5 Å². The molecule has 0 saturated heterocycles. The largest absolute Gasteiger partial charge is 0.356 e. The molecule has 1 N–H and O–H groups in total. The summed E-state index contributed by atoms with van der Waals surface area (Å²) in [5, 5.41) is 3.26. The van der Waals surface area contributed by atoms with Crippen molar-refractivity contribution >= 4 is 17.8 Å². The molecule has 0 fully saturated rings. The summed E-state index contributed by atoms with van der Waals surface area (Å²) in [4.78, 5) is 11.1. The third-order valence-electron chi connectivity index (χ3n) is 2.40. The normalized spacial score (nSPS) is 14.6. The van der Waals surface area contributed by atoms with Gasteiger partial charge in [0.2, 0.25) is 0 Å². The second kappa shape index (κ2) is 3.98. The van der Waals surface area contributed by atoms with Crippen LogP contribution in [-0.2, 0) is 17.3 Å². The van der Waals surface area contributed by atoms with Gasteiger partial charge in [-0.2, -0.15) is 0 Å². The predicted molar refractivity (Wildman–Crippen MR) is 53.1 cm³/mol. The lowest BCUT2D eigenvalue weighted by Crippen LogP contribution is -2.23. The fourth-order valence-electron chi connectivity index (χ4n) is 1.65. The zero-order valence-corrected chi connectivity index (χ0v) is 8.30. The summed E-state index contributed by atoms with van der Waals surface area (Å²) >= 11 is 5.01. The molecule has 14 heavy (non-hydrogen) atoms. The van der Waals surface area contributed by atoms with Gasteiger partial charge in [0.05, 0.1) is 5.56 Å². The summed E-state index contributed by atoms with van der Waals surface area (Å²) < 4.78 is 4.14. The smallest absolute Gasteiger partial charge is 0.343 e. The van der Waals surface area contributed by atoms with Crippen LogP contribution in [0.2, 0.25) is 0 Å². The van der Waals surface area contributed by atoms with Gasteiger partial charge in [-0.25, -0.2) is 4.79 Å². The van der Waals surface area contributed by atoms with Gasteiger partial charge in [-0.15, -0.1) is 0 Å². The van der Waals surface area contributed by atoms with Crippen molar-refractivity contribution in [2.75, 3.05) is 6.54 Å². The quantitative estimate of drug-likeness (QED) is 0.768. The molecule has 1 aliphatic rings. The van der Waals surface area contributed by atoms with E-state index in [0.29, 0.717) is 5.56 Å². The number of halogens is 1. The Kier molecular flexibility index (Phi) is 2.70. The van der Waals surface area contributed by atoms with Gasteiger partial charge < -0.3 is 9.61 Å². The van der Waals surface area contributed by atoms with E-state index >= 15 is 0 Å². The summed E-state index contributed by atoms with van der Waals surface area (Å²) in [6, 6.07) is 5.52. The van der Waals surface area contributed by atoms with Crippen LogP contribution in [0, 0.1) is 0 Å². The van der Waals surface area contributed by atoms with Crippen molar-refractivity contribution in [3.05, 3.63) is 34.9 Å². The number of rotatable bonds is 1. The van der Waals surface area contributed by atoms with Crippen LogP contribution < -0.4 is 5.32 Å². The zero-order valence-electron chi connectivity index (χ0n) is 7.55. The van der Waals surface area contributed by atoms with Gasteiger partial charge in [-0.1, -0.05) is 6.07 Å². The Morgan fingerprint density at radius 3 is 3.07 bits per heavy atom. The van der Waals surface area contributed by atoms with Crippen molar-refractivity contribution < 1.29 is 9.08 Å². The van der Waals surface area contributed by atoms with E-state index in [1.807, 2.05) is 12.1 Å². The third kappa shape index (κ3) is 1.74. The molecule has 3 nitrogen and oxygen atoms in total. The zero-order chi connectivity index (χ0) is 9.97. The van der Waals surface area contributed by atoms with Crippen LogP contribution in [0.5, 0.6) is 0 Å². The lowest BCUT2D eigenvalue weighted by atomic mass is 9.98. The number of carbonyl (C=O) groups is 1. The highest BCUT2D eigenvalue weighted by atomic mass is 35.5. The first-order chi connectivity index (χ1) is 6.81. The van der Waals surface area contributed by atoms with Crippen molar-refractivity contribution in [2.24, 2.45) is 0 Å². The Morgan fingerprint density at radius 2 is 2.29 bits per heavy atom. The average molecular weight is 212 g/mol. The summed E-state index contributed by atoms with van der Waals surface area (Å²) in [5.74, 6) is -0.493. The lowest BCUT2D eigenvalue weighted by molar-refractivity contribution is 0.0751. The van der Waals surface area contributed by atoms with E-state index in [9.17, 15) is 4.79 Å². The predicted octanol–water partition coefficient (Wildman–Crippen LogP) is 1.64. The van der Waals surface area contributed by atoms with Crippen LogP contribution in [0.15, 0.2) is 18.2 Å². The molecule has 2 rings (SSSR count). The van der Waals surface area contributed by atoms with E-state index in [2.05, 4.69) is 9.61 Å². The molecular formula is C10H10ClNO2. The Labute approximate surface area is 87.2 Å². The van der Waals surface area contributed by atoms with Crippen molar-refractivity contribution in [3.63, 3.8) is 0 Å². The molecule has 4 heteroatoms. The molecule has 0 unspecified atom stereocenters. The first-order valence-electron chi connectivity index (χ1n) is 4.46. The molecular weight excluding hydrogens is 202 g/mol. The maximum atomic E-state index is 11.1. The number of benzene rings is 1. The summed E-state index contributed by atoms with van der Waals surface area (Å²) in [5.41, 5.74) is 2.95. The second-order valence-electron chi connectivity index (χ2n) is 3.27. The maximum Gasteiger partial charge on any atom is 0.356 e. The highest BCUT2D eigenvalue weighted by Crippen LogP contribution is 2.16. The molecule has 1 aromatic carbocycles. The Hall–Kier alpha value is -1.06. The summed E-state index contributed by atoms with van der Waals surface area (Å²) in [6.45, 7) is 1.82. The third-order valence-corrected chi connectivity index (χ3v) is 2.54. The highest BCUT2D eigenvalue weighted by Gasteiger charge is 2.12. The molecule has 0 radical (unpaired) electrons. The second-order valence-corrected chi connectivity index (χ2v) is 3.43. The van der Waals surface area contributed by atoms with Crippen LogP contribution in [0.4, 0.5) is 0 Å². The fraction of sp³-hybridized carbons (Fsp3) is 0.300. The Bertz CT molecular complexity index is 365. The molecule has 0 aromatic heterocycles. The van der Waals surface area contributed by atoms with Crippen LogP contribution >= 0.6 is 11.9 Å². The van der Waals surface area contributed by atoms with E-state index in [4.69, 9.17) is 11.9 Å². The minimum Gasteiger partial charge on any atom is -0.343 e. The molecule has 0 spiro atoms. The highest BCUT2D eigenvalue weighted by molar-refractivity contribution is 6.15. The number of hydrogen-bond donors (Lipinski definition) is 1. The molecule has 1 heterocycles. The van der Waals surface area contributed by atoms with Gasteiger partial charge >= 0.3 is 5.97 Å². The number of fused-ring (bicyclic) bond motifs is 1. The van der Waals surface area contributed by atoms with E-state index in [0.717, 1.165) is 19.5 Å². The number of carbonyl (C=O) groups excluding carboxylic acids is 1. The molecule has 0 saturated carbocycles. The monoisotopic (exact) mass is 211 g/mol. The average Bonchev–Trinajstić information content (AvgIpc) is 2.27. The molecule has 0 atom stereocenters. The van der Waals surface area contributed by atoms with Crippen molar-refractivity contribution in [1.29, 1.82) is 0 Å². The van der Waals surface area contributed by atoms with Crippen molar-refractivity contribution in [3.8, 4) is 0 Å². The van der Waals surface area contributed by atoms with Gasteiger partial charge in [-0.3, -0.25) is 0 Å². The van der Waals surface area contributed by atoms with Crippen LogP contribution in [-0.4, -0.2) is 12.5 Å². The van der Waals surface area contributed by atoms with E-state index in [1.54, 1.807) is 6.07 Å². The van der Waals surface area contributed by atoms with E-state index in [-0.39, 0.29) is 0 Å². The van der Waals surface area contributed by atoms with Crippen LogP contribution in [0.25, 0.3) is 0 Å². The lowest BCUT2D eigenvalue weighted by Gasteiger charge is -2.17. The molecule has 0 aliphatic carbocycles. The molecule has 74 valence electrons. The van der Waals surface area contributed by atoms with Crippen molar-refractivity contribution in [2.45, 2.75) is 13.0 Å². The molecule has 0 amide bonds. The van der Waals surface area contributed by atoms with Gasteiger partial charge in [-0.05, 0) is 36.2 Å².